The topological polar surface area (TPSA) is 42.2 Å². The number of aromatic nitrogens is 1. The Labute approximate surface area is 112 Å². The molecule has 0 unspecified atom stereocenters. The number of nitrogens with zero attached hydrogens (tertiary/aromatic N) is 1. The Balaban J connectivity index is 2.07. The van der Waals surface area contributed by atoms with Gasteiger partial charge in [-0.15, -0.1) is 0 Å². The zero-order valence-electron chi connectivity index (χ0n) is 11.0. The van der Waals surface area contributed by atoms with Crippen LogP contribution in [0, 0.1) is 6.92 Å². The first kappa shape index (κ1) is 12.0. The molecule has 0 atom stereocenters. The van der Waals surface area contributed by atoms with Crippen molar-refractivity contribution >= 4 is 5.97 Å². The molecule has 0 amide bonds. The van der Waals surface area contributed by atoms with E-state index in [0.29, 0.717) is 5.56 Å². The molecule has 1 aromatic heterocycles. The van der Waals surface area contributed by atoms with Crippen molar-refractivity contribution in [3.05, 3.63) is 58.4 Å². The molecule has 98 valence electrons. The molecule has 0 bridgehead atoms. The van der Waals surface area contributed by atoms with E-state index in [2.05, 4.69) is 16.7 Å². The van der Waals surface area contributed by atoms with E-state index in [1.165, 1.54) is 11.3 Å². The van der Waals surface area contributed by atoms with Crippen LogP contribution >= 0.6 is 0 Å². The number of carbonyl (C=O) groups is 1. The summed E-state index contributed by atoms with van der Waals surface area (Å²) < 4.78 is 2.18. The summed E-state index contributed by atoms with van der Waals surface area (Å²) >= 11 is 0. The van der Waals surface area contributed by atoms with Gasteiger partial charge < -0.3 is 9.67 Å². The summed E-state index contributed by atoms with van der Waals surface area (Å²) in [6.07, 6.45) is 2.97. The van der Waals surface area contributed by atoms with Gasteiger partial charge in [0.05, 0.1) is 5.56 Å². The summed E-state index contributed by atoms with van der Waals surface area (Å²) in [6.45, 7) is 2.69. The lowest BCUT2D eigenvalue weighted by Crippen LogP contribution is -2.07. The van der Waals surface area contributed by atoms with Crippen molar-refractivity contribution in [3.63, 3.8) is 0 Å². The molecule has 1 heterocycles. The van der Waals surface area contributed by atoms with Crippen LogP contribution in [0.15, 0.2) is 30.3 Å². The quantitative estimate of drug-likeness (QED) is 0.916. The molecule has 2 aromatic rings. The molecule has 0 saturated carbocycles. The predicted molar refractivity (Wildman–Crippen MR) is 73.7 cm³/mol. The van der Waals surface area contributed by atoms with Gasteiger partial charge in [0, 0.05) is 17.9 Å². The first-order chi connectivity index (χ1) is 9.18. The monoisotopic (exact) mass is 255 g/mol. The summed E-state index contributed by atoms with van der Waals surface area (Å²) in [5, 5.41) is 9.40. The standard InChI is InChI=1S/C16H17NO2/c1-11-15(16(18)19)13-8-5-9-14(13)17(11)10-12-6-3-2-4-7-12/h2-4,6-7H,5,8-10H2,1H3,(H,18,19). The molecule has 3 rings (SSSR count). The first-order valence-electron chi connectivity index (χ1n) is 6.66. The Kier molecular flexibility index (Phi) is 2.90. The molecule has 0 aliphatic heterocycles. The van der Waals surface area contributed by atoms with Crippen molar-refractivity contribution in [1.82, 2.24) is 4.57 Å². The van der Waals surface area contributed by atoms with Gasteiger partial charge in [0.15, 0.2) is 0 Å². The Morgan fingerprint density at radius 3 is 2.68 bits per heavy atom. The minimum Gasteiger partial charge on any atom is -0.478 e. The molecule has 1 aromatic carbocycles. The molecule has 3 nitrogen and oxygen atoms in total. The number of aromatic carboxylic acids is 1. The Hall–Kier alpha value is -2.03. The zero-order valence-corrected chi connectivity index (χ0v) is 11.0. The lowest BCUT2D eigenvalue weighted by Gasteiger charge is -2.10. The molecule has 1 aliphatic rings. The van der Waals surface area contributed by atoms with Crippen LogP contribution in [-0.4, -0.2) is 15.6 Å². The summed E-state index contributed by atoms with van der Waals surface area (Å²) in [5.41, 5.74) is 4.91. The van der Waals surface area contributed by atoms with Crippen LogP contribution in [0.5, 0.6) is 0 Å². The van der Waals surface area contributed by atoms with E-state index >= 15 is 0 Å². The minimum absolute atomic E-state index is 0.531. The van der Waals surface area contributed by atoms with Gasteiger partial charge in [-0.05, 0) is 37.3 Å². The van der Waals surface area contributed by atoms with Crippen LogP contribution in [0.2, 0.25) is 0 Å². The number of benzene rings is 1. The predicted octanol–water partition coefficient (Wildman–Crippen LogP) is 3.03. The van der Waals surface area contributed by atoms with Crippen molar-refractivity contribution in [1.29, 1.82) is 0 Å². The van der Waals surface area contributed by atoms with Gasteiger partial charge in [-0.25, -0.2) is 4.79 Å². The van der Waals surface area contributed by atoms with Gasteiger partial charge in [0.2, 0.25) is 0 Å². The number of hydrogen-bond acceptors (Lipinski definition) is 1. The van der Waals surface area contributed by atoms with Crippen LogP contribution < -0.4 is 0 Å². The summed E-state index contributed by atoms with van der Waals surface area (Å²) in [5.74, 6) is -0.789. The van der Waals surface area contributed by atoms with Gasteiger partial charge in [0.1, 0.15) is 0 Å². The van der Waals surface area contributed by atoms with E-state index in [4.69, 9.17) is 0 Å². The summed E-state index contributed by atoms with van der Waals surface area (Å²) in [7, 11) is 0. The summed E-state index contributed by atoms with van der Waals surface area (Å²) in [4.78, 5) is 11.4. The van der Waals surface area contributed by atoms with Gasteiger partial charge in [-0.1, -0.05) is 30.3 Å². The normalized spacial score (nSPS) is 13.5. The number of hydrogen-bond donors (Lipinski definition) is 1. The van der Waals surface area contributed by atoms with Crippen molar-refractivity contribution in [3.8, 4) is 0 Å². The molecular weight excluding hydrogens is 238 g/mol. The van der Waals surface area contributed by atoms with Crippen molar-refractivity contribution < 1.29 is 9.90 Å². The van der Waals surface area contributed by atoms with Crippen LogP contribution in [0.1, 0.15) is 39.3 Å². The van der Waals surface area contributed by atoms with E-state index in [1.54, 1.807) is 0 Å². The third kappa shape index (κ3) is 1.95. The Bertz CT molecular complexity index is 626. The molecule has 0 saturated heterocycles. The highest BCUT2D eigenvalue weighted by molar-refractivity contribution is 5.91. The molecule has 19 heavy (non-hydrogen) atoms. The maximum Gasteiger partial charge on any atom is 0.337 e. The van der Waals surface area contributed by atoms with Gasteiger partial charge in [-0.3, -0.25) is 0 Å². The second-order valence-corrected chi connectivity index (χ2v) is 5.12. The molecular formula is C16H17NO2. The van der Waals surface area contributed by atoms with E-state index in [-0.39, 0.29) is 0 Å². The zero-order chi connectivity index (χ0) is 13.4. The van der Waals surface area contributed by atoms with E-state index in [0.717, 1.165) is 37.1 Å². The largest absolute Gasteiger partial charge is 0.478 e. The lowest BCUT2D eigenvalue weighted by molar-refractivity contribution is 0.0695. The highest BCUT2D eigenvalue weighted by Gasteiger charge is 2.27. The van der Waals surface area contributed by atoms with Crippen LogP contribution in [-0.2, 0) is 19.4 Å². The first-order valence-corrected chi connectivity index (χ1v) is 6.66. The fourth-order valence-corrected chi connectivity index (χ4v) is 3.11. The third-order valence-electron chi connectivity index (χ3n) is 3.98. The maximum absolute atomic E-state index is 11.4. The smallest absolute Gasteiger partial charge is 0.337 e. The molecule has 3 heteroatoms. The van der Waals surface area contributed by atoms with Crippen LogP contribution in [0.25, 0.3) is 0 Å². The molecule has 0 fully saturated rings. The fraction of sp³-hybridized carbons (Fsp3) is 0.312. The SMILES string of the molecule is Cc1c(C(=O)O)c2c(n1Cc1ccccc1)CCC2. The lowest BCUT2D eigenvalue weighted by atomic mass is 10.1. The molecule has 0 radical (unpaired) electrons. The van der Waals surface area contributed by atoms with Crippen molar-refractivity contribution in [2.24, 2.45) is 0 Å². The highest BCUT2D eigenvalue weighted by atomic mass is 16.4. The van der Waals surface area contributed by atoms with E-state index < -0.39 is 5.97 Å². The number of carboxylic acid groups (broad SMARTS) is 1. The Morgan fingerprint density at radius 1 is 1.26 bits per heavy atom. The number of rotatable bonds is 3. The fourth-order valence-electron chi connectivity index (χ4n) is 3.11. The second-order valence-electron chi connectivity index (χ2n) is 5.12. The van der Waals surface area contributed by atoms with Gasteiger partial charge in [-0.2, -0.15) is 0 Å². The number of fused-ring (bicyclic) bond motifs is 1. The minimum atomic E-state index is -0.789. The van der Waals surface area contributed by atoms with Crippen molar-refractivity contribution in [2.75, 3.05) is 0 Å². The average Bonchev–Trinajstić information content (AvgIpc) is 2.93. The average molecular weight is 255 g/mol. The van der Waals surface area contributed by atoms with Crippen LogP contribution in [0.3, 0.4) is 0 Å². The second kappa shape index (κ2) is 4.57. The van der Waals surface area contributed by atoms with Crippen molar-refractivity contribution in [2.45, 2.75) is 32.7 Å². The van der Waals surface area contributed by atoms with Gasteiger partial charge in [0.25, 0.3) is 0 Å². The Morgan fingerprint density at radius 2 is 2.00 bits per heavy atom. The molecule has 1 N–H and O–H groups in total. The number of carboxylic acids is 1. The van der Waals surface area contributed by atoms with Gasteiger partial charge >= 0.3 is 5.97 Å². The highest BCUT2D eigenvalue weighted by Crippen LogP contribution is 2.31. The third-order valence-corrected chi connectivity index (χ3v) is 3.98. The molecule has 1 aliphatic carbocycles. The maximum atomic E-state index is 11.4. The summed E-state index contributed by atoms with van der Waals surface area (Å²) in [6, 6.07) is 10.2. The molecule has 0 spiro atoms. The van der Waals surface area contributed by atoms with E-state index in [1.807, 2.05) is 25.1 Å². The van der Waals surface area contributed by atoms with Crippen LogP contribution in [0.4, 0.5) is 0 Å². The van der Waals surface area contributed by atoms with E-state index in [9.17, 15) is 9.90 Å².